The highest BCUT2D eigenvalue weighted by atomic mass is 16.2. The van der Waals surface area contributed by atoms with Gasteiger partial charge in [-0.15, -0.1) is 0 Å². The number of hydrogen-bond acceptors (Lipinski definition) is 3. The lowest BCUT2D eigenvalue weighted by Crippen LogP contribution is -2.45. The summed E-state index contributed by atoms with van der Waals surface area (Å²) in [4.78, 5) is 42.7. The molecule has 3 amide bonds. The summed E-state index contributed by atoms with van der Waals surface area (Å²) in [6, 6.07) is 9.69. The topological polar surface area (TPSA) is 60.9 Å². The third-order valence-electron chi connectivity index (χ3n) is 5.48. The summed E-state index contributed by atoms with van der Waals surface area (Å²) in [7, 11) is 0. The molecule has 6 heteroatoms. The van der Waals surface area contributed by atoms with Crippen molar-refractivity contribution in [1.82, 2.24) is 14.7 Å². The average Bonchev–Trinajstić information content (AvgIpc) is 2.80. The maximum absolute atomic E-state index is 12.9. The van der Waals surface area contributed by atoms with Crippen LogP contribution in [0.3, 0.4) is 0 Å². The zero-order chi connectivity index (χ0) is 18.7. The van der Waals surface area contributed by atoms with Gasteiger partial charge >= 0.3 is 0 Å². The first kappa shape index (κ1) is 18.4. The van der Waals surface area contributed by atoms with Crippen molar-refractivity contribution in [1.29, 1.82) is 0 Å². The van der Waals surface area contributed by atoms with Crippen LogP contribution in [0.5, 0.6) is 0 Å². The molecule has 1 unspecified atom stereocenters. The molecule has 2 fully saturated rings. The number of nitrogens with zero attached hydrogens (tertiary/aromatic N) is 3. The van der Waals surface area contributed by atoms with Crippen LogP contribution in [0.1, 0.15) is 25.8 Å². The molecular formula is C20H27N3O3. The van der Waals surface area contributed by atoms with Gasteiger partial charge in [0.15, 0.2) is 0 Å². The Kier molecular flexibility index (Phi) is 5.30. The minimum absolute atomic E-state index is 0.00382. The summed E-state index contributed by atoms with van der Waals surface area (Å²) in [5.74, 6) is 0.181. The van der Waals surface area contributed by atoms with E-state index in [9.17, 15) is 14.4 Å². The van der Waals surface area contributed by atoms with Crippen molar-refractivity contribution in [3.05, 3.63) is 35.9 Å². The fraction of sp³-hybridized carbons (Fsp3) is 0.550. The summed E-state index contributed by atoms with van der Waals surface area (Å²) >= 11 is 0. The van der Waals surface area contributed by atoms with E-state index in [2.05, 4.69) is 0 Å². The normalized spacial score (nSPS) is 23.5. The van der Waals surface area contributed by atoms with E-state index in [1.54, 1.807) is 11.8 Å². The summed E-state index contributed by atoms with van der Waals surface area (Å²) in [6.45, 7) is 6.92. The van der Waals surface area contributed by atoms with Crippen LogP contribution in [0.25, 0.3) is 0 Å². The fourth-order valence-corrected chi connectivity index (χ4v) is 4.10. The molecule has 0 radical (unpaired) electrons. The number of carbonyl (C=O) groups excluding carboxylic acids is 3. The predicted octanol–water partition coefficient (Wildman–Crippen LogP) is 1.16. The van der Waals surface area contributed by atoms with Crippen molar-refractivity contribution in [2.45, 2.75) is 26.7 Å². The molecule has 2 saturated heterocycles. The van der Waals surface area contributed by atoms with Crippen LogP contribution < -0.4 is 0 Å². The highest BCUT2D eigenvalue weighted by Crippen LogP contribution is 2.35. The Morgan fingerprint density at radius 2 is 1.69 bits per heavy atom. The van der Waals surface area contributed by atoms with Gasteiger partial charge in [-0.2, -0.15) is 0 Å². The number of rotatable bonds is 3. The van der Waals surface area contributed by atoms with E-state index in [0.717, 1.165) is 5.56 Å². The first-order chi connectivity index (χ1) is 12.4. The molecule has 1 atom stereocenters. The Morgan fingerprint density at radius 1 is 1.04 bits per heavy atom. The fourth-order valence-electron chi connectivity index (χ4n) is 4.10. The second kappa shape index (κ2) is 7.48. The number of benzene rings is 1. The van der Waals surface area contributed by atoms with Crippen LogP contribution in [-0.4, -0.2) is 71.7 Å². The Balaban J connectivity index is 1.80. The summed E-state index contributed by atoms with van der Waals surface area (Å²) in [6.07, 6.45) is 0.752. The molecule has 0 saturated carbocycles. The molecule has 2 aliphatic heterocycles. The highest BCUT2D eigenvalue weighted by molar-refractivity contribution is 5.82. The molecule has 6 nitrogen and oxygen atoms in total. The van der Waals surface area contributed by atoms with E-state index in [1.807, 2.05) is 47.1 Å². The van der Waals surface area contributed by atoms with E-state index in [4.69, 9.17) is 0 Å². The Labute approximate surface area is 154 Å². The maximum Gasteiger partial charge on any atom is 0.227 e. The molecule has 140 valence electrons. The lowest BCUT2D eigenvalue weighted by Gasteiger charge is -2.33. The lowest BCUT2D eigenvalue weighted by atomic mass is 9.85. The van der Waals surface area contributed by atoms with Gasteiger partial charge in [0.25, 0.3) is 0 Å². The molecule has 2 heterocycles. The molecule has 0 aliphatic carbocycles. The van der Waals surface area contributed by atoms with Gasteiger partial charge in [-0.3, -0.25) is 14.4 Å². The van der Waals surface area contributed by atoms with Crippen molar-refractivity contribution in [3.63, 3.8) is 0 Å². The number of amides is 3. The van der Waals surface area contributed by atoms with E-state index in [1.165, 1.54) is 0 Å². The van der Waals surface area contributed by atoms with Crippen molar-refractivity contribution in [2.24, 2.45) is 5.41 Å². The van der Waals surface area contributed by atoms with E-state index in [0.29, 0.717) is 52.1 Å². The lowest BCUT2D eigenvalue weighted by molar-refractivity contribution is -0.132. The van der Waals surface area contributed by atoms with Gasteiger partial charge in [0.2, 0.25) is 17.7 Å². The van der Waals surface area contributed by atoms with Crippen molar-refractivity contribution >= 4 is 17.7 Å². The molecule has 26 heavy (non-hydrogen) atoms. The smallest absolute Gasteiger partial charge is 0.227 e. The van der Waals surface area contributed by atoms with Crippen LogP contribution in [0.2, 0.25) is 0 Å². The first-order valence-corrected chi connectivity index (χ1v) is 9.27. The molecule has 3 rings (SSSR count). The van der Waals surface area contributed by atoms with Crippen LogP contribution in [0, 0.1) is 5.41 Å². The maximum atomic E-state index is 12.9. The number of hydrogen-bond donors (Lipinski definition) is 0. The Morgan fingerprint density at radius 3 is 2.31 bits per heavy atom. The van der Waals surface area contributed by atoms with Gasteiger partial charge in [0, 0.05) is 58.0 Å². The van der Waals surface area contributed by atoms with E-state index < -0.39 is 0 Å². The van der Waals surface area contributed by atoms with Gasteiger partial charge in [-0.05, 0) is 12.5 Å². The van der Waals surface area contributed by atoms with Gasteiger partial charge in [0.05, 0.1) is 6.42 Å². The molecule has 1 spiro atoms. The number of carbonyl (C=O) groups is 3. The number of likely N-dealkylation sites (tertiary alicyclic amines) is 1. The second-order valence-electron chi connectivity index (χ2n) is 7.50. The zero-order valence-corrected chi connectivity index (χ0v) is 15.6. The van der Waals surface area contributed by atoms with Gasteiger partial charge < -0.3 is 14.7 Å². The molecule has 0 N–H and O–H groups in total. The molecular weight excluding hydrogens is 330 g/mol. The van der Waals surface area contributed by atoms with E-state index in [-0.39, 0.29) is 23.1 Å². The minimum Gasteiger partial charge on any atom is -0.342 e. The predicted molar refractivity (Wildman–Crippen MR) is 98.3 cm³/mol. The largest absolute Gasteiger partial charge is 0.342 e. The summed E-state index contributed by atoms with van der Waals surface area (Å²) in [5, 5.41) is 0. The Bertz CT molecular complexity index is 691. The van der Waals surface area contributed by atoms with Crippen LogP contribution in [-0.2, 0) is 20.8 Å². The third kappa shape index (κ3) is 3.89. The first-order valence-electron chi connectivity index (χ1n) is 9.27. The van der Waals surface area contributed by atoms with E-state index >= 15 is 0 Å². The summed E-state index contributed by atoms with van der Waals surface area (Å²) in [5.41, 5.74) is 0.624. The summed E-state index contributed by atoms with van der Waals surface area (Å²) < 4.78 is 0. The monoisotopic (exact) mass is 357 g/mol. The van der Waals surface area contributed by atoms with Crippen LogP contribution >= 0.6 is 0 Å². The molecule has 1 aromatic carbocycles. The van der Waals surface area contributed by atoms with Crippen LogP contribution in [0.15, 0.2) is 30.3 Å². The van der Waals surface area contributed by atoms with Crippen molar-refractivity contribution in [3.8, 4) is 0 Å². The van der Waals surface area contributed by atoms with Gasteiger partial charge in [0.1, 0.15) is 0 Å². The van der Waals surface area contributed by atoms with Gasteiger partial charge in [-0.25, -0.2) is 0 Å². The van der Waals surface area contributed by atoms with Crippen molar-refractivity contribution in [2.75, 3.05) is 39.3 Å². The molecule has 0 bridgehead atoms. The quantitative estimate of drug-likeness (QED) is 0.816. The standard InChI is InChI=1S/C20H27N3O3/c1-3-21-13-20(12-19(21)26)14-22(16(2)24)9-10-23(15-20)18(25)11-17-7-5-4-6-8-17/h4-8H,3,9-15H2,1-2H3. The highest BCUT2D eigenvalue weighted by Gasteiger charge is 2.47. The van der Waals surface area contributed by atoms with Crippen molar-refractivity contribution < 1.29 is 14.4 Å². The second-order valence-corrected chi connectivity index (χ2v) is 7.50. The third-order valence-corrected chi connectivity index (χ3v) is 5.48. The minimum atomic E-state index is -0.360. The molecule has 0 aromatic heterocycles. The zero-order valence-electron chi connectivity index (χ0n) is 15.6. The SMILES string of the molecule is CCN1CC2(CC1=O)CN(C(C)=O)CCN(C(=O)Cc1ccccc1)C2. The van der Waals surface area contributed by atoms with Crippen LogP contribution in [0.4, 0.5) is 0 Å². The molecule has 2 aliphatic rings. The Hall–Kier alpha value is -2.37. The average molecular weight is 357 g/mol. The molecule has 1 aromatic rings. The van der Waals surface area contributed by atoms with Gasteiger partial charge in [-0.1, -0.05) is 30.3 Å².